The van der Waals surface area contributed by atoms with Crippen molar-refractivity contribution in [3.8, 4) is 5.75 Å². The van der Waals surface area contributed by atoms with Crippen LogP contribution in [0, 0.1) is 0 Å². The van der Waals surface area contributed by atoms with Crippen LogP contribution in [0.1, 0.15) is 17.9 Å². The van der Waals surface area contributed by atoms with E-state index in [4.69, 9.17) is 32.7 Å². The lowest BCUT2D eigenvalue weighted by Gasteiger charge is -2.17. The molecule has 0 aliphatic carbocycles. The molecule has 102 valence electrons. The normalized spacial score (nSPS) is 18.1. The molecule has 1 aromatic carbocycles. The van der Waals surface area contributed by atoms with E-state index < -0.39 is 0 Å². The fourth-order valence-electron chi connectivity index (χ4n) is 2.10. The standard InChI is InChI=1S/C14H15Cl2NO2/c1-3-6-19-11-5-4-10(15)14(16)13(11)9-7-12(18-2)17-8-9/h3-5,9H,1,6-8H2,2H3/t9-/m1/s1. The van der Waals surface area contributed by atoms with E-state index in [1.807, 2.05) is 6.07 Å². The van der Waals surface area contributed by atoms with Gasteiger partial charge in [-0.1, -0.05) is 35.9 Å². The van der Waals surface area contributed by atoms with Gasteiger partial charge >= 0.3 is 0 Å². The Bertz CT molecular complexity index is 514. The van der Waals surface area contributed by atoms with Crippen molar-refractivity contribution >= 4 is 29.1 Å². The van der Waals surface area contributed by atoms with Gasteiger partial charge in [-0.2, -0.15) is 0 Å². The molecular weight excluding hydrogens is 285 g/mol. The van der Waals surface area contributed by atoms with E-state index in [1.165, 1.54) is 0 Å². The summed E-state index contributed by atoms with van der Waals surface area (Å²) in [5, 5.41) is 1.05. The van der Waals surface area contributed by atoms with Crippen molar-refractivity contribution in [1.29, 1.82) is 0 Å². The van der Waals surface area contributed by atoms with Gasteiger partial charge in [-0.15, -0.1) is 0 Å². The van der Waals surface area contributed by atoms with Crippen LogP contribution in [0.2, 0.25) is 10.0 Å². The summed E-state index contributed by atoms with van der Waals surface area (Å²) in [5.74, 6) is 1.60. The summed E-state index contributed by atoms with van der Waals surface area (Å²) in [6, 6.07) is 3.57. The summed E-state index contributed by atoms with van der Waals surface area (Å²) < 4.78 is 10.8. The molecule has 0 amide bonds. The Morgan fingerprint density at radius 1 is 1.47 bits per heavy atom. The third kappa shape index (κ3) is 3.04. The summed E-state index contributed by atoms with van der Waals surface area (Å²) >= 11 is 12.4. The maximum atomic E-state index is 6.32. The predicted octanol–water partition coefficient (Wildman–Crippen LogP) is 4.09. The number of methoxy groups -OCH3 is 1. The zero-order valence-corrected chi connectivity index (χ0v) is 12.2. The number of aliphatic imine (C=N–C) groups is 1. The lowest BCUT2D eigenvalue weighted by molar-refractivity contribution is 0.356. The molecule has 5 heteroatoms. The monoisotopic (exact) mass is 299 g/mol. The molecule has 0 spiro atoms. The first-order valence-electron chi connectivity index (χ1n) is 5.96. The van der Waals surface area contributed by atoms with Gasteiger partial charge in [0.15, 0.2) is 5.90 Å². The second kappa shape index (κ2) is 6.31. The van der Waals surface area contributed by atoms with Crippen molar-refractivity contribution in [3.05, 3.63) is 40.4 Å². The molecule has 0 N–H and O–H groups in total. The van der Waals surface area contributed by atoms with Crippen LogP contribution in [0.25, 0.3) is 0 Å². The zero-order valence-electron chi connectivity index (χ0n) is 10.7. The Morgan fingerprint density at radius 3 is 2.89 bits per heavy atom. The molecule has 0 radical (unpaired) electrons. The molecule has 1 heterocycles. The average molecular weight is 300 g/mol. The van der Waals surface area contributed by atoms with Crippen LogP contribution in [-0.4, -0.2) is 26.2 Å². The maximum Gasteiger partial charge on any atom is 0.183 e. The molecule has 1 aliphatic heterocycles. The minimum absolute atomic E-state index is 0.140. The molecule has 0 unspecified atom stereocenters. The van der Waals surface area contributed by atoms with Crippen LogP contribution in [0.15, 0.2) is 29.8 Å². The molecule has 0 bridgehead atoms. The molecule has 2 rings (SSSR count). The van der Waals surface area contributed by atoms with E-state index in [9.17, 15) is 0 Å². The molecule has 1 atom stereocenters. The first-order chi connectivity index (χ1) is 9.17. The van der Waals surface area contributed by atoms with Gasteiger partial charge in [0.1, 0.15) is 12.4 Å². The number of benzene rings is 1. The van der Waals surface area contributed by atoms with Crippen molar-refractivity contribution in [3.63, 3.8) is 0 Å². The molecule has 0 fully saturated rings. The molecular formula is C14H15Cl2NO2. The second-order valence-electron chi connectivity index (χ2n) is 4.21. The van der Waals surface area contributed by atoms with E-state index in [-0.39, 0.29) is 5.92 Å². The van der Waals surface area contributed by atoms with Gasteiger partial charge in [0.25, 0.3) is 0 Å². The van der Waals surface area contributed by atoms with Crippen LogP contribution >= 0.6 is 23.2 Å². The molecule has 19 heavy (non-hydrogen) atoms. The second-order valence-corrected chi connectivity index (χ2v) is 5.00. The van der Waals surface area contributed by atoms with E-state index in [1.54, 1.807) is 19.3 Å². The third-order valence-electron chi connectivity index (χ3n) is 3.00. The van der Waals surface area contributed by atoms with E-state index in [2.05, 4.69) is 11.6 Å². The zero-order chi connectivity index (χ0) is 13.8. The van der Waals surface area contributed by atoms with Crippen LogP contribution in [0.3, 0.4) is 0 Å². The molecule has 0 aromatic heterocycles. The number of hydrogen-bond acceptors (Lipinski definition) is 3. The summed E-state index contributed by atoms with van der Waals surface area (Å²) in [6.45, 7) is 4.70. The SMILES string of the molecule is C=CCOc1ccc(Cl)c(Cl)c1[C@H]1CN=C(OC)C1. The summed E-state index contributed by atoms with van der Waals surface area (Å²) in [5.41, 5.74) is 0.895. The van der Waals surface area contributed by atoms with Gasteiger partial charge in [-0.25, -0.2) is 0 Å². The minimum Gasteiger partial charge on any atom is -0.489 e. The Labute approximate surface area is 122 Å². The quantitative estimate of drug-likeness (QED) is 0.784. The first-order valence-corrected chi connectivity index (χ1v) is 6.71. The van der Waals surface area contributed by atoms with Crippen LogP contribution in [0.4, 0.5) is 0 Å². The molecule has 0 saturated heterocycles. The Balaban J connectivity index is 2.31. The topological polar surface area (TPSA) is 30.8 Å². The largest absolute Gasteiger partial charge is 0.489 e. The van der Waals surface area contributed by atoms with E-state index in [0.717, 1.165) is 17.2 Å². The van der Waals surface area contributed by atoms with Crippen molar-refractivity contribution in [2.75, 3.05) is 20.3 Å². The number of halogens is 2. The van der Waals surface area contributed by atoms with E-state index >= 15 is 0 Å². The van der Waals surface area contributed by atoms with Crippen LogP contribution in [-0.2, 0) is 4.74 Å². The first kappa shape index (κ1) is 14.2. The molecule has 0 saturated carbocycles. The predicted molar refractivity (Wildman–Crippen MR) is 78.8 cm³/mol. The van der Waals surface area contributed by atoms with Crippen molar-refractivity contribution in [2.24, 2.45) is 4.99 Å². The van der Waals surface area contributed by atoms with Crippen LogP contribution in [0.5, 0.6) is 5.75 Å². The average Bonchev–Trinajstić information content (AvgIpc) is 2.88. The van der Waals surface area contributed by atoms with Gasteiger partial charge in [0.05, 0.1) is 23.7 Å². The number of nitrogens with zero attached hydrogens (tertiary/aromatic N) is 1. The fraction of sp³-hybridized carbons (Fsp3) is 0.357. The lowest BCUT2D eigenvalue weighted by atomic mass is 9.96. The van der Waals surface area contributed by atoms with Crippen molar-refractivity contribution in [1.82, 2.24) is 0 Å². The highest BCUT2D eigenvalue weighted by Gasteiger charge is 2.27. The number of ether oxygens (including phenoxy) is 2. The lowest BCUT2D eigenvalue weighted by Crippen LogP contribution is -2.06. The Hall–Kier alpha value is -1.19. The molecule has 1 aliphatic rings. The summed E-state index contributed by atoms with van der Waals surface area (Å²) in [4.78, 5) is 4.32. The Kier molecular flexibility index (Phi) is 4.72. The van der Waals surface area contributed by atoms with E-state index in [0.29, 0.717) is 29.6 Å². The number of rotatable bonds is 4. The fourth-order valence-corrected chi connectivity index (χ4v) is 2.57. The molecule has 3 nitrogen and oxygen atoms in total. The third-order valence-corrected chi connectivity index (χ3v) is 3.82. The van der Waals surface area contributed by atoms with Crippen molar-refractivity contribution < 1.29 is 9.47 Å². The van der Waals surface area contributed by atoms with Gasteiger partial charge in [-0.05, 0) is 12.1 Å². The summed E-state index contributed by atoms with van der Waals surface area (Å²) in [6.07, 6.45) is 2.40. The van der Waals surface area contributed by atoms with Gasteiger partial charge < -0.3 is 9.47 Å². The highest BCUT2D eigenvalue weighted by molar-refractivity contribution is 6.42. The highest BCUT2D eigenvalue weighted by atomic mass is 35.5. The summed E-state index contributed by atoms with van der Waals surface area (Å²) in [7, 11) is 1.62. The smallest absolute Gasteiger partial charge is 0.183 e. The van der Waals surface area contributed by atoms with Gasteiger partial charge in [0, 0.05) is 17.9 Å². The minimum atomic E-state index is 0.140. The molecule has 1 aromatic rings. The number of hydrogen-bond donors (Lipinski definition) is 0. The highest BCUT2D eigenvalue weighted by Crippen LogP contribution is 2.41. The van der Waals surface area contributed by atoms with Gasteiger partial charge in [-0.3, -0.25) is 4.99 Å². The van der Waals surface area contributed by atoms with Gasteiger partial charge in [0.2, 0.25) is 0 Å². The maximum absolute atomic E-state index is 6.32. The Morgan fingerprint density at radius 2 is 2.26 bits per heavy atom. The van der Waals surface area contributed by atoms with Crippen molar-refractivity contribution in [2.45, 2.75) is 12.3 Å². The van der Waals surface area contributed by atoms with Crippen LogP contribution < -0.4 is 4.74 Å².